The number of hydrogen-bond acceptors (Lipinski definition) is 2. The van der Waals surface area contributed by atoms with Gasteiger partial charge in [0.05, 0.1) is 5.69 Å². The van der Waals surface area contributed by atoms with E-state index in [9.17, 15) is 4.39 Å². The van der Waals surface area contributed by atoms with Crippen LogP contribution in [-0.4, -0.2) is 15.6 Å². The summed E-state index contributed by atoms with van der Waals surface area (Å²) in [7, 11) is 0. The molecule has 0 aliphatic heterocycles. The Hall–Kier alpha value is -1.84. The van der Waals surface area contributed by atoms with Crippen LogP contribution in [0.25, 0.3) is 5.69 Å². The van der Waals surface area contributed by atoms with Crippen molar-refractivity contribution in [3.8, 4) is 5.69 Å². The molecule has 90 valence electrons. The van der Waals surface area contributed by atoms with Crippen LogP contribution in [0.3, 0.4) is 0 Å². The van der Waals surface area contributed by atoms with Gasteiger partial charge in [0.1, 0.15) is 5.82 Å². The fourth-order valence-electron chi connectivity index (χ4n) is 1.66. The van der Waals surface area contributed by atoms with Crippen LogP contribution in [0.15, 0.2) is 30.5 Å². The summed E-state index contributed by atoms with van der Waals surface area (Å²) in [6.07, 6.45) is 1.93. The highest BCUT2D eigenvalue weighted by Crippen LogP contribution is 2.17. The second kappa shape index (κ2) is 4.57. The van der Waals surface area contributed by atoms with Crippen molar-refractivity contribution in [2.75, 3.05) is 5.32 Å². The lowest BCUT2D eigenvalue weighted by Gasteiger charge is -2.12. The van der Waals surface area contributed by atoms with Crippen LogP contribution >= 0.6 is 0 Å². The third-order valence-corrected chi connectivity index (χ3v) is 2.35. The van der Waals surface area contributed by atoms with Crippen molar-refractivity contribution in [2.24, 2.45) is 0 Å². The third-order valence-electron chi connectivity index (χ3n) is 2.35. The van der Waals surface area contributed by atoms with Gasteiger partial charge in [-0.15, -0.1) is 0 Å². The van der Waals surface area contributed by atoms with Crippen molar-refractivity contribution < 1.29 is 4.39 Å². The maximum Gasteiger partial charge on any atom is 0.207 e. The van der Waals surface area contributed by atoms with E-state index in [0.717, 1.165) is 17.3 Å². The topological polar surface area (TPSA) is 29.9 Å². The van der Waals surface area contributed by atoms with Crippen molar-refractivity contribution >= 4 is 5.95 Å². The highest BCUT2D eigenvalue weighted by atomic mass is 19.1. The van der Waals surface area contributed by atoms with E-state index in [2.05, 4.69) is 24.1 Å². The van der Waals surface area contributed by atoms with E-state index in [0.29, 0.717) is 6.04 Å². The van der Waals surface area contributed by atoms with Gasteiger partial charge in [0.15, 0.2) is 0 Å². The zero-order chi connectivity index (χ0) is 12.4. The number of nitrogens with one attached hydrogen (secondary N) is 1. The van der Waals surface area contributed by atoms with E-state index in [-0.39, 0.29) is 5.82 Å². The number of benzene rings is 1. The lowest BCUT2D eigenvalue weighted by Crippen LogP contribution is -2.13. The molecule has 2 rings (SSSR count). The van der Waals surface area contributed by atoms with Crippen LogP contribution in [0.4, 0.5) is 10.3 Å². The predicted octanol–water partition coefficient (Wildman–Crippen LogP) is 3.14. The molecule has 0 spiro atoms. The Labute approximate surface area is 100 Å². The SMILES string of the molecule is Cc1cn(-c2ccc(F)cc2)c(NC(C)C)n1. The van der Waals surface area contributed by atoms with E-state index in [1.54, 1.807) is 12.1 Å². The zero-order valence-electron chi connectivity index (χ0n) is 10.2. The number of anilines is 1. The standard InChI is InChI=1S/C13H16FN3/c1-9(2)15-13-16-10(3)8-17(13)12-6-4-11(14)5-7-12/h4-9H,1-3H3,(H,15,16). The highest BCUT2D eigenvalue weighted by Gasteiger charge is 2.08. The van der Waals surface area contributed by atoms with E-state index >= 15 is 0 Å². The summed E-state index contributed by atoms with van der Waals surface area (Å²) in [5.41, 5.74) is 1.83. The normalized spacial score (nSPS) is 10.9. The minimum Gasteiger partial charge on any atom is -0.353 e. The van der Waals surface area contributed by atoms with Crippen LogP contribution in [-0.2, 0) is 0 Å². The summed E-state index contributed by atoms with van der Waals surface area (Å²) >= 11 is 0. The molecule has 0 radical (unpaired) electrons. The summed E-state index contributed by atoms with van der Waals surface area (Å²) in [4.78, 5) is 4.41. The van der Waals surface area contributed by atoms with Crippen LogP contribution in [0.1, 0.15) is 19.5 Å². The lowest BCUT2D eigenvalue weighted by atomic mass is 10.3. The molecule has 0 saturated carbocycles. The molecule has 1 N–H and O–H groups in total. The summed E-state index contributed by atoms with van der Waals surface area (Å²) in [5, 5.41) is 3.27. The molecule has 0 aliphatic carbocycles. The molecule has 17 heavy (non-hydrogen) atoms. The summed E-state index contributed by atoms with van der Waals surface area (Å²) in [5.74, 6) is 0.549. The number of aryl methyl sites for hydroxylation is 1. The molecular formula is C13H16FN3. The molecule has 1 aromatic heterocycles. The van der Waals surface area contributed by atoms with Gasteiger partial charge in [-0.25, -0.2) is 9.37 Å². The molecule has 0 atom stereocenters. The fourth-order valence-corrected chi connectivity index (χ4v) is 1.66. The molecule has 0 saturated heterocycles. The van der Waals surface area contributed by atoms with Crippen LogP contribution in [0, 0.1) is 12.7 Å². The lowest BCUT2D eigenvalue weighted by molar-refractivity contribution is 0.627. The van der Waals surface area contributed by atoms with Gasteiger partial charge in [-0.3, -0.25) is 4.57 Å². The minimum absolute atomic E-state index is 0.232. The maximum atomic E-state index is 12.9. The molecule has 0 aliphatic rings. The van der Waals surface area contributed by atoms with Gasteiger partial charge in [-0.05, 0) is 45.0 Å². The molecule has 0 unspecified atom stereocenters. The van der Waals surface area contributed by atoms with Gasteiger partial charge in [0, 0.05) is 17.9 Å². The molecule has 0 bridgehead atoms. The van der Waals surface area contributed by atoms with Gasteiger partial charge in [0.2, 0.25) is 5.95 Å². The quantitative estimate of drug-likeness (QED) is 0.882. The van der Waals surface area contributed by atoms with Crippen LogP contribution in [0.5, 0.6) is 0 Å². The van der Waals surface area contributed by atoms with E-state index < -0.39 is 0 Å². The van der Waals surface area contributed by atoms with Crippen molar-refractivity contribution in [2.45, 2.75) is 26.8 Å². The van der Waals surface area contributed by atoms with Crippen LogP contribution in [0.2, 0.25) is 0 Å². The molecule has 2 aromatic rings. The molecule has 0 amide bonds. The van der Waals surface area contributed by atoms with E-state index in [1.165, 1.54) is 12.1 Å². The monoisotopic (exact) mass is 233 g/mol. The average molecular weight is 233 g/mol. The first-order valence-electron chi connectivity index (χ1n) is 5.65. The minimum atomic E-state index is -0.232. The van der Waals surface area contributed by atoms with Gasteiger partial charge in [-0.1, -0.05) is 0 Å². The number of hydrogen-bond donors (Lipinski definition) is 1. The number of halogens is 1. The van der Waals surface area contributed by atoms with Crippen LogP contribution < -0.4 is 5.32 Å². The first kappa shape index (κ1) is 11.6. The Balaban J connectivity index is 2.40. The van der Waals surface area contributed by atoms with Gasteiger partial charge in [0.25, 0.3) is 0 Å². The Bertz CT molecular complexity index is 500. The molecule has 1 aromatic carbocycles. The smallest absolute Gasteiger partial charge is 0.207 e. The molecule has 4 heteroatoms. The van der Waals surface area contributed by atoms with Crippen molar-refractivity contribution in [3.63, 3.8) is 0 Å². The molecule has 3 nitrogen and oxygen atoms in total. The van der Waals surface area contributed by atoms with Gasteiger partial charge in [-0.2, -0.15) is 0 Å². The van der Waals surface area contributed by atoms with E-state index in [4.69, 9.17) is 0 Å². The first-order chi connectivity index (χ1) is 8.06. The number of nitrogens with zero attached hydrogens (tertiary/aromatic N) is 2. The molecule has 0 fully saturated rings. The van der Waals surface area contributed by atoms with Gasteiger partial charge < -0.3 is 5.32 Å². The summed E-state index contributed by atoms with van der Waals surface area (Å²) in [6.45, 7) is 6.05. The number of rotatable bonds is 3. The average Bonchev–Trinajstić information content (AvgIpc) is 2.59. The second-order valence-electron chi connectivity index (χ2n) is 4.35. The van der Waals surface area contributed by atoms with E-state index in [1.807, 2.05) is 17.7 Å². The van der Waals surface area contributed by atoms with Crippen molar-refractivity contribution in [3.05, 3.63) is 42.0 Å². The third kappa shape index (κ3) is 2.64. The predicted molar refractivity (Wildman–Crippen MR) is 67.0 cm³/mol. The summed E-state index contributed by atoms with van der Waals surface area (Å²) in [6, 6.07) is 6.67. The summed E-state index contributed by atoms with van der Waals surface area (Å²) < 4.78 is 14.8. The Kier molecular flexibility index (Phi) is 3.13. The molecule has 1 heterocycles. The fraction of sp³-hybridized carbons (Fsp3) is 0.308. The zero-order valence-corrected chi connectivity index (χ0v) is 10.2. The largest absolute Gasteiger partial charge is 0.353 e. The number of aromatic nitrogens is 2. The Morgan fingerprint density at radius 3 is 2.47 bits per heavy atom. The maximum absolute atomic E-state index is 12.9. The number of imidazole rings is 1. The van der Waals surface area contributed by atoms with Gasteiger partial charge >= 0.3 is 0 Å². The Morgan fingerprint density at radius 2 is 1.88 bits per heavy atom. The highest BCUT2D eigenvalue weighted by molar-refractivity contribution is 5.43. The molecular weight excluding hydrogens is 217 g/mol. The van der Waals surface area contributed by atoms with Crippen molar-refractivity contribution in [1.82, 2.24) is 9.55 Å². The second-order valence-corrected chi connectivity index (χ2v) is 4.35. The first-order valence-corrected chi connectivity index (χ1v) is 5.65. The Morgan fingerprint density at radius 1 is 1.24 bits per heavy atom. The van der Waals surface area contributed by atoms with Crippen molar-refractivity contribution in [1.29, 1.82) is 0 Å².